The highest BCUT2D eigenvalue weighted by molar-refractivity contribution is 7.88. The average molecular weight is 299 g/mol. The molecule has 0 spiro atoms. The molecule has 0 bridgehead atoms. The molecule has 110 valence electrons. The lowest BCUT2D eigenvalue weighted by Gasteiger charge is -2.09. The molecular formula is C10H17N7O2S. The van der Waals surface area contributed by atoms with Crippen LogP contribution in [-0.4, -0.2) is 42.1 Å². The number of nitrogen functional groups attached to an aromatic ring is 1. The van der Waals surface area contributed by atoms with Gasteiger partial charge in [-0.15, -0.1) is 0 Å². The number of sulfonamides is 1. The topological polar surface area (TPSA) is 126 Å². The van der Waals surface area contributed by atoms with Crippen molar-refractivity contribution < 1.29 is 8.42 Å². The second kappa shape index (κ2) is 6.03. The molecule has 0 amide bonds. The summed E-state index contributed by atoms with van der Waals surface area (Å²) in [6, 6.07) is 0. The van der Waals surface area contributed by atoms with Crippen LogP contribution in [0.4, 0.5) is 11.6 Å². The molecule has 2 rings (SSSR count). The predicted molar refractivity (Wildman–Crippen MR) is 76.8 cm³/mol. The molecule has 0 radical (unpaired) electrons. The molecule has 20 heavy (non-hydrogen) atoms. The van der Waals surface area contributed by atoms with Gasteiger partial charge in [0, 0.05) is 25.5 Å². The van der Waals surface area contributed by atoms with E-state index in [1.54, 1.807) is 23.0 Å². The maximum absolute atomic E-state index is 10.9. The van der Waals surface area contributed by atoms with Gasteiger partial charge in [-0.1, -0.05) is 0 Å². The molecule has 0 saturated heterocycles. The van der Waals surface area contributed by atoms with Crippen molar-refractivity contribution in [3.8, 4) is 0 Å². The standard InChI is InChI=1S/C10H17N7O2S/c1-20(18,19)14-4-2-3-12-9-10-13-5-6-17(10)7-8(15-9)16-11/h5-7,14,16H,2-4,11H2,1H3,(H,12,15). The second-order valence-electron chi connectivity index (χ2n) is 4.22. The Balaban J connectivity index is 1.97. The lowest BCUT2D eigenvalue weighted by Crippen LogP contribution is -2.24. The first-order valence-corrected chi connectivity index (χ1v) is 7.87. The van der Waals surface area contributed by atoms with Gasteiger partial charge in [-0.2, -0.15) is 0 Å². The van der Waals surface area contributed by atoms with Gasteiger partial charge in [0.05, 0.1) is 12.5 Å². The Labute approximate surface area is 116 Å². The number of imidazole rings is 1. The molecule has 0 saturated carbocycles. The normalized spacial score (nSPS) is 11.7. The van der Waals surface area contributed by atoms with E-state index in [-0.39, 0.29) is 0 Å². The van der Waals surface area contributed by atoms with Crippen LogP contribution in [0.2, 0.25) is 0 Å². The molecule has 9 nitrogen and oxygen atoms in total. The summed E-state index contributed by atoms with van der Waals surface area (Å²) in [5.41, 5.74) is 3.16. The molecule has 0 aliphatic carbocycles. The van der Waals surface area contributed by atoms with E-state index in [2.05, 4.69) is 25.4 Å². The largest absolute Gasteiger partial charge is 0.367 e. The molecule has 0 aliphatic rings. The Kier molecular flexibility index (Phi) is 4.37. The van der Waals surface area contributed by atoms with Crippen LogP contribution >= 0.6 is 0 Å². The Morgan fingerprint density at radius 3 is 2.90 bits per heavy atom. The van der Waals surface area contributed by atoms with E-state index in [9.17, 15) is 8.42 Å². The van der Waals surface area contributed by atoms with Crippen molar-refractivity contribution in [2.24, 2.45) is 5.84 Å². The third-order valence-corrected chi connectivity index (χ3v) is 3.26. The number of fused-ring (bicyclic) bond motifs is 1. The van der Waals surface area contributed by atoms with Crippen LogP contribution in [0.3, 0.4) is 0 Å². The third-order valence-electron chi connectivity index (χ3n) is 2.53. The fourth-order valence-electron chi connectivity index (χ4n) is 1.67. The predicted octanol–water partition coefficient (Wildman–Crippen LogP) is -0.634. The number of anilines is 2. The molecule has 0 atom stereocenters. The second-order valence-corrected chi connectivity index (χ2v) is 6.06. The lowest BCUT2D eigenvalue weighted by molar-refractivity contribution is 0.586. The highest BCUT2D eigenvalue weighted by Gasteiger charge is 2.06. The van der Waals surface area contributed by atoms with Gasteiger partial charge < -0.3 is 15.1 Å². The van der Waals surface area contributed by atoms with Gasteiger partial charge >= 0.3 is 0 Å². The fourth-order valence-corrected chi connectivity index (χ4v) is 2.19. The van der Waals surface area contributed by atoms with Gasteiger partial charge in [0.1, 0.15) is 0 Å². The molecule has 2 heterocycles. The number of nitrogens with zero attached hydrogens (tertiary/aromatic N) is 3. The van der Waals surface area contributed by atoms with E-state index in [0.29, 0.717) is 36.8 Å². The molecule has 0 unspecified atom stereocenters. The lowest BCUT2D eigenvalue weighted by atomic mass is 10.4. The monoisotopic (exact) mass is 299 g/mol. The zero-order valence-corrected chi connectivity index (χ0v) is 11.8. The molecule has 5 N–H and O–H groups in total. The van der Waals surface area contributed by atoms with E-state index in [1.807, 2.05) is 0 Å². The van der Waals surface area contributed by atoms with Gasteiger partial charge in [0.2, 0.25) is 10.0 Å². The average Bonchev–Trinajstić information content (AvgIpc) is 2.84. The molecule has 0 aliphatic heterocycles. The number of nitrogens with one attached hydrogen (secondary N) is 3. The summed E-state index contributed by atoms with van der Waals surface area (Å²) >= 11 is 0. The Bertz CT molecular complexity index is 682. The SMILES string of the molecule is CS(=O)(=O)NCCCNc1nc(NN)cn2ccnc12. The molecule has 2 aromatic rings. The smallest absolute Gasteiger partial charge is 0.208 e. The molecule has 0 aromatic carbocycles. The minimum atomic E-state index is -3.14. The Morgan fingerprint density at radius 2 is 2.20 bits per heavy atom. The zero-order valence-electron chi connectivity index (χ0n) is 11.0. The number of nitrogens with two attached hydrogens (primary N) is 1. The van der Waals surface area contributed by atoms with E-state index >= 15 is 0 Å². The number of aromatic nitrogens is 3. The van der Waals surface area contributed by atoms with E-state index < -0.39 is 10.0 Å². The minimum Gasteiger partial charge on any atom is -0.367 e. The van der Waals surface area contributed by atoms with Crippen LogP contribution in [0.5, 0.6) is 0 Å². The Morgan fingerprint density at radius 1 is 1.40 bits per heavy atom. The van der Waals surface area contributed by atoms with Gasteiger partial charge in [-0.05, 0) is 6.42 Å². The summed E-state index contributed by atoms with van der Waals surface area (Å²) in [4.78, 5) is 8.46. The number of hydrazine groups is 1. The molecular weight excluding hydrogens is 282 g/mol. The maximum Gasteiger partial charge on any atom is 0.208 e. The number of hydrogen-bond donors (Lipinski definition) is 4. The van der Waals surface area contributed by atoms with Crippen molar-refractivity contribution in [3.05, 3.63) is 18.6 Å². The highest BCUT2D eigenvalue weighted by atomic mass is 32.2. The van der Waals surface area contributed by atoms with E-state index in [0.717, 1.165) is 6.26 Å². The zero-order chi connectivity index (χ0) is 14.6. The molecule has 10 heteroatoms. The van der Waals surface area contributed by atoms with Gasteiger partial charge in [0.15, 0.2) is 17.3 Å². The first-order chi connectivity index (χ1) is 9.49. The van der Waals surface area contributed by atoms with Crippen molar-refractivity contribution in [2.45, 2.75) is 6.42 Å². The first-order valence-electron chi connectivity index (χ1n) is 5.98. The van der Waals surface area contributed by atoms with Crippen LogP contribution in [-0.2, 0) is 10.0 Å². The van der Waals surface area contributed by atoms with Gasteiger partial charge in [-0.3, -0.25) is 0 Å². The third kappa shape index (κ3) is 3.79. The molecule has 2 aromatic heterocycles. The quantitative estimate of drug-likeness (QED) is 0.304. The van der Waals surface area contributed by atoms with Crippen LogP contribution in [0.25, 0.3) is 5.65 Å². The van der Waals surface area contributed by atoms with Crippen molar-refractivity contribution >= 4 is 27.3 Å². The van der Waals surface area contributed by atoms with Crippen LogP contribution in [0, 0.1) is 0 Å². The first kappa shape index (κ1) is 14.5. The van der Waals surface area contributed by atoms with Crippen molar-refractivity contribution in [3.63, 3.8) is 0 Å². The van der Waals surface area contributed by atoms with Crippen LogP contribution in [0.1, 0.15) is 6.42 Å². The van der Waals surface area contributed by atoms with Crippen molar-refractivity contribution in [2.75, 3.05) is 30.1 Å². The molecule has 0 fully saturated rings. The van der Waals surface area contributed by atoms with E-state index in [1.165, 1.54) is 0 Å². The van der Waals surface area contributed by atoms with Crippen LogP contribution < -0.4 is 21.3 Å². The summed E-state index contributed by atoms with van der Waals surface area (Å²) in [6.07, 6.45) is 6.93. The summed E-state index contributed by atoms with van der Waals surface area (Å²) in [5, 5.41) is 3.11. The van der Waals surface area contributed by atoms with Crippen LogP contribution in [0.15, 0.2) is 18.6 Å². The number of hydrogen-bond acceptors (Lipinski definition) is 7. The van der Waals surface area contributed by atoms with Gasteiger partial charge in [-0.25, -0.2) is 29.0 Å². The summed E-state index contributed by atoms with van der Waals surface area (Å²) < 4.78 is 26.0. The summed E-state index contributed by atoms with van der Waals surface area (Å²) in [5.74, 6) is 6.45. The van der Waals surface area contributed by atoms with Crippen molar-refractivity contribution in [1.82, 2.24) is 19.1 Å². The summed E-state index contributed by atoms with van der Waals surface area (Å²) in [7, 11) is -3.14. The van der Waals surface area contributed by atoms with Crippen molar-refractivity contribution in [1.29, 1.82) is 0 Å². The fraction of sp³-hybridized carbons (Fsp3) is 0.400. The van der Waals surface area contributed by atoms with Gasteiger partial charge in [0.25, 0.3) is 0 Å². The summed E-state index contributed by atoms with van der Waals surface area (Å²) in [6.45, 7) is 0.928. The Hall–Kier alpha value is -1.91. The maximum atomic E-state index is 10.9. The minimum absolute atomic E-state index is 0.366. The highest BCUT2D eigenvalue weighted by Crippen LogP contribution is 2.15. The van der Waals surface area contributed by atoms with E-state index in [4.69, 9.17) is 5.84 Å². The number of rotatable bonds is 7.